The lowest BCUT2D eigenvalue weighted by atomic mass is 9.98. The van der Waals surface area contributed by atoms with Crippen LogP contribution < -0.4 is 10.3 Å². The highest BCUT2D eigenvalue weighted by molar-refractivity contribution is 6.02. The summed E-state index contributed by atoms with van der Waals surface area (Å²) in [5, 5.41) is 16.0. The number of para-hydroxylation sites is 1. The minimum absolute atomic E-state index is 0.295. The number of aromatic nitrogens is 6. The average Bonchev–Trinajstić information content (AvgIpc) is 3.82. The first-order valence-electron chi connectivity index (χ1n) is 13.9. The molecular formula is C29H30N9O5+. The summed E-state index contributed by atoms with van der Waals surface area (Å²) < 4.78 is 13.0. The van der Waals surface area contributed by atoms with Crippen molar-refractivity contribution in [1.82, 2.24) is 40.8 Å². The highest BCUT2D eigenvalue weighted by Crippen LogP contribution is 2.31. The third-order valence-electron chi connectivity index (χ3n) is 7.07. The summed E-state index contributed by atoms with van der Waals surface area (Å²) in [6.07, 6.45) is 1.88. The van der Waals surface area contributed by atoms with Gasteiger partial charge in [0.2, 0.25) is 12.6 Å². The summed E-state index contributed by atoms with van der Waals surface area (Å²) in [4.78, 5) is 35.4. The van der Waals surface area contributed by atoms with Crippen LogP contribution in [0.2, 0.25) is 0 Å². The Balaban J connectivity index is 1.21. The Morgan fingerprint density at radius 3 is 2.56 bits per heavy atom. The van der Waals surface area contributed by atoms with E-state index in [1.807, 2.05) is 66.1 Å². The Hall–Kier alpha value is -5.37. The van der Waals surface area contributed by atoms with Crippen LogP contribution in [0.4, 0.5) is 0 Å². The van der Waals surface area contributed by atoms with Crippen LogP contribution in [-0.4, -0.2) is 72.6 Å². The number of benzene rings is 3. The van der Waals surface area contributed by atoms with Crippen LogP contribution in [0.1, 0.15) is 35.7 Å². The first-order valence-corrected chi connectivity index (χ1v) is 13.9. The molecule has 43 heavy (non-hydrogen) atoms. The van der Waals surface area contributed by atoms with E-state index in [1.165, 1.54) is 0 Å². The first-order chi connectivity index (χ1) is 21.1. The summed E-state index contributed by atoms with van der Waals surface area (Å²) in [5.74, 6) is -0.105. The number of hydrazine groups is 2. The number of carbonyl (C=O) groups is 1. The number of imidazole rings is 1. The Bertz CT molecular complexity index is 1710. The lowest BCUT2D eigenvalue weighted by Crippen LogP contribution is -2.40. The molecule has 3 heterocycles. The van der Waals surface area contributed by atoms with Crippen LogP contribution in [-0.2, 0) is 16.1 Å². The molecule has 2 aromatic heterocycles. The number of carbonyl (C=O) groups excluding carboxylic acids is 1. The number of esters is 1. The maximum Gasteiger partial charge on any atom is 0.342 e. The van der Waals surface area contributed by atoms with Crippen LogP contribution in [0, 0.1) is 4.91 Å². The van der Waals surface area contributed by atoms with Crippen molar-refractivity contribution in [3.8, 4) is 28.5 Å². The third kappa shape index (κ3) is 5.99. The maximum atomic E-state index is 13.1. The van der Waals surface area contributed by atoms with Gasteiger partial charge in [-0.15, -0.1) is 15.2 Å². The second-order valence-electron chi connectivity index (χ2n) is 9.78. The van der Waals surface area contributed by atoms with E-state index in [1.54, 1.807) is 17.1 Å². The summed E-state index contributed by atoms with van der Waals surface area (Å²) in [6.45, 7) is 3.49. The van der Waals surface area contributed by atoms with E-state index in [-0.39, 0.29) is 0 Å². The van der Waals surface area contributed by atoms with Gasteiger partial charge in [0, 0.05) is 11.2 Å². The minimum Gasteiger partial charge on any atom is -0.465 e. The molecular weight excluding hydrogens is 554 g/mol. The molecule has 0 radical (unpaired) electrons. The number of tetrazole rings is 1. The molecule has 5 aromatic rings. The smallest absolute Gasteiger partial charge is 0.342 e. The molecule has 6 rings (SSSR count). The largest absolute Gasteiger partial charge is 0.465 e. The maximum absolute atomic E-state index is 13.1. The predicted octanol–water partition coefficient (Wildman–Crippen LogP) is 3.67. The molecule has 0 unspecified atom stereocenters. The number of nitrogens with one attached hydrogen (secondary N) is 2. The van der Waals surface area contributed by atoms with Gasteiger partial charge in [0.15, 0.2) is 0 Å². The SMILES string of the molecule is CCOc1nc2cccc(C(=O)OCON[N+](=O)N3CCCC3)c2n1Cc1ccc(-c2ccccc2-c2nn[nH]n2)cc1. The number of H-pyrrole nitrogens is 1. The Morgan fingerprint density at radius 2 is 1.81 bits per heavy atom. The first kappa shape index (κ1) is 27.8. The predicted molar refractivity (Wildman–Crippen MR) is 154 cm³/mol. The summed E-state index contributed by atoms with van der Waals surface area (Å²) >= 11 is 0. The summed E-state index contributed by atoms with van der Waals surface area (Å²) in [7, 11) is 0. The molecule has 1 fully saturated rings. The molecule has 1 aliphatic rings. The fourth-order valence-electron chi connectivity index (χ4n) is 5.08. The van der Waals surface area contributed by atoms with Gasteiger partial charge in [-0.3, -0.25) is 4.57 Å². The lowest BCUT2D eigenvalue weighted by molar-refractivity contribution is -0.787. The van der Waals surface area contributed by atoms with E-state index < -0.39 is 12.8 Å². The average molecular weight is 585 g/mol. The van der Waals surface area contributed by atoms with E-state index in [9.17, 15) is 9.70 Å². The molecule has 3 aromatic carbocycles. The molecule has 2 N–H and O–H groups in total. The second kappa shape index (κ2) is 12.7. The van der Waals surface area contributed by atoms with Gasteiger partial charge in [0.1, 0.15) is 0 Å². The van der Waals surface area contributed by atoms with Crippen molar-refractivity contribution < 1.29 is 24.1 Å². The van der Waals surface area contributed by atoms with Crippen LogP contribution in [0.25, 0.3) is 33.5 Å². The van der Waals surface area contributed by atoms with Crippen molar-refractivity contribution >= 4 is 17.0 Å². The molecule has 220 valence electrons. The van der Waals surface area contributed by atoms with Crippen LogP contribution in [0.15, 0.2) is 66.7 Å². The number of ether oxygens (including phenoxy) is 2. The number of rotatable bonds is 12. The van der Waals surface area contributed by atoms with E-state index >= 15 is 0 Å². The summed E-state index contributed by atoms with van der Waals surface area (Å²) in [6, 6.07) is 21.5. The minimum atomic E-state index is -0.622. The number of hydrogen-bond donors (Lipinski definition) is 2. The molecule has 0 amide bonds. The van der Waals surface area contributed by atoms with Crippen molar-refractivity contribution in [3.05, 3.63) is 82.8 Å². The van der Waals surface area contributed by atoms with Crippen molar-refractivity contribution in [2.24, 2.45) is 0 Å². The van der Waals surface area contributed by atoms with Crippen LogP contribution >= 0.6 is 0 Å². The normalized spacial score (nSPS) is 12.9. The zero-order chi connectivity index (χ0) is 29.6. The van der Waals surface area contributed by atoms with Crippen LogP contribution in [0.3, 0.4) is 0 Å². The van der Waals surface area contributed by atoms with Gasteiger partial charge < -0.3 is 9.47 Å². The zero-order valence-corrected chi connectivity index (χ0v) is 23.5. The molecule has 1 aliphatic heterocycles. The number of fused-ring (bicyclic) bond motifs is 1. The quantitative estimate of drug-likeness (QED) is 0.0726. The van der Waals surface area contributed by atoms with Crippen molar-refractivity contribution in [1.29, 1.82) is 0 Å². The molecule has 0 atom stereocenters. The van der Waals surface area contributed by atoms with Crippen molar-refractivity contribution in [3.63, 3.8) is 0 Å². The monoisotopic (exact) mass is 584 g/mol. The van der Waals surface area contributed by atoms with Crippen molar-refractivity contribution in [2.75, 3.05) is 26.5 Å². The highest BCUT2D eigenvalue weighted by atomic mass is 16.8. The lowest BCUT2D eigenvalue weighted by Gasteiger charge is -2.13. The van der Waals surface area contributed by atoms with Gasteiger partial charge in [0.05, 0.1) is 47.7 Å². The number of aromatic amines is 1. The van der Waals surface area contributed by atoms with E-state index in [0.717, 1.165) is 35.1 Å². The Kier molecular flexibility index (Phi) is 8.17. The number of nitroso groups, excluding NO2 is 1. The fraction of sp³-hybridized carbons (Fsp3) is 0.276. The van der Waals surface area contributed by atoms with Gasteiger partial charge in [-0.25, -0.2) is 4.79 Å². The standard InChI is InChI=1S/C29H30N9O5/c1-2-41-29-30-25-11-7-10-24(28(39)42-19-43-35-38(40)36-16-5-6-17-36)26(25)37(29)18-20-12-14-21(15-13-20)22-8-3-4-9-23(22)27-31-33-34-32-27/h3-4,7-15H,2,5-6,16-19H2,1H3,(H,35,40)(H,31,32,33,34)/q+1. The van der Waals surface area contributed by atoms with Gasteiger partial charge in [0.25, 0.3) is 11.0 Å². The molecule has 14 nitrogen and oxygen atoms in total. The molecule has 0 aliphatic carbocycles. The van der Waals surface area contributed by atoms with Gasteiger partial charge >= 0.3 is 5.97 Å². The molecule has 1 saturated heterocycles. The zero-order valence-electron chi connectivity index (χ0n) is 23.5. The number of hydrogen-bond acceptors (Lipinski definition) is 9. The molecule has 0 saturated carbocycles. The topological polar surface area (TPSA) is 152 Å². The fourth-order valence-corrected chi connectivity index (χ4v) is 5.08. The van der Waals surface area contributed by atoms with E-state index in [2.05, 4.69) is 31.2 Å². The van der Waals surface area contributed by atoms with Crippen LogP contribution in [0.5, 0.6) is 6.01 Å². The molecule has 0 spiro atoms. The van der Waals surface area contributed by atoms with Gasteiger partial charge in [-0.1, -0.05) is 54.6 Å². The Labute approximate surface area is 246 Å². The molecule has 14 heteroatoms. The van der Waals surface area contributed by atoms with E-state index in [0.29, 0.717) is 59.7 Å². The molecule has 0 bridgehead atoms. The number of nitrogens with zero attached hydrogens (tertiary/aromatic N) is 7. The van der Waals surface area contributed by atoms with E-state index in [4.69, 9.17) is 14.3 Å². The highest BCUT2D eigenvalue weighted by Gasteiger charge is 2.26. The third-order valence-corrected chi connectivity index (χ3v) is 7.07. The van der Waals surface area contributed by atoms with Gasteiger partial charge in [-0.05, 0) is 53.8 Å². The van der Waals surface area contributed by atoms with Gasteiger partial charge in [-0.2, -0.15) is 15.0 Å². The second-order valence-corrected chi connectivity index (χ2v) is 9.78. The van der Waals surface area contributed by atoms with Crippen molar-refractivity contribution in [2.45, 2.75) is 26.3 Å². The Morgan fingerprint density at radius 1 is 1.02 bits per heavy atom. The summed E-state index contributed by atoms with van der Waals surface area (Å²) in [5.41, 5.74) is 7.48.